The Labute approximate surface area is 67.2 Å². The Morgan fingerprint density at radius 3 is 3.00 bits per heavy atom. The fourth-order valence-corrected chi connectivity index (χ4v) is 0.985. The maximum atomic E-state index is 10.0. The van der Waals surface area contributed by atoms with Crippen molar-refractivity contribution in [1.82, 2.24) is 0 Å². The van der Waals surface area contributed by atoms with Crippen LogP contribution in [0.5, 0.6) is 0 Å². The summed E-state index contributed by atoms with van der Waals surface area (Å²) in [5, 5.41) is 0. The minimum absolute atomic E-state index is 0.129. The van der Waals surface area contributed by atoms with E-state index in [0.29, 0.717) is 0 Å². The van der Waals surface area contributed by atoms with E-state index in [1.54, 1.807) is 0 Å². The molecule has 0 aliphatic heterocycles. The molecule has 0 heterocycles. The first-order valence-electron chi connectivity index (χ1n) is 4.24. The van der Waals surface area contributed by atoms with Crippen LogP contribution in [0.25, 0.3) is 0 Å². The van der Waals surface area contributed by atoms with Gasteiger partial charge in [0.05, 0.1) is 6.10 Å². The van der Waals surface area contributed by atoms with Crippen molar-refractivity contribution in [2.75, 3.05) is 6.61 Å². The first kappa shape index (κ1) is 8.51. The molecule has 0 aromatic carbocycles. The molecule has 0 aromatic heterocycles. The predicted molar refractivity (Wildman–Crippen MR) is 43.1 cm³/mol. The van der Waals surface area contributed by atoms with Crippen LogP contribution in [0.1, 0.15) is 32.6 Å². The molecule has 1 atom stereocenters. The summed E-state index contributed by atoms with van der Waals surface area (Å²) >= 11 is 0. The summed E-state index contributed by atoms with van der Waals surface area (Å²) in [5.74, 6) is 1.87. The van der Waals surface area contributed by atoms with Gasteiger partial charge in [0.2, 0.25) is 0 Å². The number of unbranched alkanes of at least 4 members (excludes halogenated alkanes) is 2. The van der Waals surface area contributed by atoms with E-state index in [0.717, 1.165) is 25.0 Å². The van der Waals surface area contributed by atoms with Gasteiger partial charge in [-0.1, -0.05) is 19.8 Å². The standard InChI is InChI=1S/C9H14O2/c1-2-3-4-5-11-9-6-8(9)7-10/h9H,2-6H2,1H3. The molecule has 0 bridgehead atoms. The van der Waals surface area contributed by atoms with Crippen LogP contribution >= 0.6 is 0 Å². The van der Waals surface area contributed by atoms with E-state index in [-0.39, 0.29) is 6.10 Å². The van der Waals surface area contributed by atoms with Crippen molar-refractivity contribution in [2.45, 2.75) is 38.7 Å². The topological polar surface area (TPSA) is 26.3 Å². The highest BCUT2D eigenvalue weighted by Gasteiger charge is 2.31. The van der Waals surface area contributed by atoms with Crippen LogP contribution in [0.4, 0.5) is 0 Å². The third-order valence-corrected chi connectivity index (χ3v) is 1.83. The zero-order valence-corrected chi connectivity index (χ0v) is 6.93. The number of carbonyl (C=O) groups excluding carboxylic acids is 1. The SMILES string of the molecule is CCCCCOC1CC1=C=O. The molecule has 1 fully saturated rings. The largest absolute Gasteiger partial charge is 0.373 e. The number of rotatable bonds is 5. The molecule has 2 heteroatoms. The van der Waals surface area contributed by atoms with Gasteiger partial charge in [-0.05, 0) is 6.42 Å². The second-order valence-electron chi connectivity index (χ2n) is 2.90. The molecular formula is C9H14O2. The first-order chi connectivity index (χ1) is 5.38. The van der Waals surface area contributed by atoms with Gasteiger partial charge in [0, 0.05) is 18.6 Å². The molecule has 1 aliphatic rings. The van der Waals surface area contributed by atoms with Crippen LogP contribution in [-0.2, 0) is 9.53 Å². The molecule has 1 unspecified atom stereocenters. The van der Waals surface area contributed by atoms with E-state index in [1.165, 1.54) is 12.8 Å². The second-order valence-corrected chi connectivity index (χ2v) is 2.90. The van der Waals surface area contributed by atoms with Gasteiger partial charge in [0.25, 0.3) is 0 Å². The van der Waals surface area contributed by atoms with Crippen LogP contribution in [0.15, 0.2) is 5.57 Å². The second kappa shape index (κ2) is 4.32. The van der Waals surface area contributed by atoms with Gasteiger partial charge in [-0.3, -0.25) is 0 Å². The van der Waals surface area contributed by atoms with E-state index in [1.807, 2.05) is 5.94 Å². The molecule has 62 valence electrons. The Bertz CT molecular complexity index is 168. The molecule has 1 saturated carbocycles. The van der Waals surface area contributed by atoms with Crippen LogP contribution in [-0.4, -0.2) is 18.7 Å². The highest BCUT2D eigenvalue weighted by Crippen LogP contribution is 2.29. The van der Waals surface area contributed by atoms with E-state index >= 15 is 0 Å². The average Bonchev–Trinajstić information content (AvgIpc) is 2.77. The summed E-state index contributed by atoms with van der Waals surface area (Å²) in [6.07, 6.45) is 4.48. The Hall–Kier alpha value is -0.590. The van der Waals surface area contributed by atoms with Crippen LogP contribution < -0.4 is 0 Å². The minimum atomic E-state index is 0.129. The Morgan fingerprint density at radius 2 is 2.45 bits per heavy atom. The molecule has 0 saturated heterocycles. The lowest BCUT2D eigenvalue weighted by Gasteiger charge is -1.98. The normalized spacial score (nSPS) is 21.5. The summed E-state index contributed by atoms with van der Waals surface area (Å²) in [7, 11) is 0. The van der Waals surface area contributed by atoms with Crippen molar-refractivity contribution in [3.63, 3.8) is 0 Å². The lowest BCUT2D eigenvalue weighted by molar-refractivity contribution is 0.124. The fourth-order valence-electron chi connectivity index (χ4n) is 0.985. The molecular weight excluding hydrogens is 140 g/mol. The van der Waals surface area contributed by atoms with Crippen LogP contribution in [0.2, 0.25) is 0 Å². The number of hydrogen-bond donors (Lipinski definition) is 0. The lowest BCUT2D eigenvalue weighted by Crippen LogP contribution is -1.96. The zero-order chi connectivity index (χ0) is 8.10. The van der Waals surface area contributed by atoms with Crippen molar-refractivity contribution in [3.8, 4) is 0 Å². The maximum absolute atomic E-state index is 10.0. The molecule has 0 aromatic rings. The van der Waals surface area contributed by atoms with Gasteiger partial charge in [-0.25, -0.2) is 4.79 Å². The smallest absolute Gasteiger partial charge is 0.126 e. The molecule has 0 spiro atoms. The fraction of sp³-hybridized carbons (Fsp3) is 0.778. The Morgan fingerprint density at radius 1 is 1.64 bits per heavy atom. The third-order valence-electron chi connectivity index (χ3n) is 1.83. The summed E-state index contributed by atoms with van der Waals surface area (Å²) in [5.41, 5.74) is 0.807. The van der Waals surface area contributed by atoms with E-state index < -0.39 is 0 Å². The van der Waals surface area contributed by atoms with Gasteiger partial charge < -0.3 is 4.74 Å². The monoisotopic (exact) mass is 154 g/mol. The third kappa shape index (κ3) is 2.87. The number of hydrogen-bond acceptors (Lipinski definition) is 2. The highest BCUT2D eigenvalue weighted by atomic mass is 16.5. The first-order valence-corrected chi connectivity index (χ1v) is 4.24. The maximum Gasteiger partial charge on any atom is 0.126 e. The molecule has 1 rings (SSSR count). The Balaban J connectivity index is 1.94. The molecule has 1 aliphatic carbocycles. The van der Waals surface area contributed by atoms with Gasteiger partial charge in [0.1, 0.15) is 5.94 Å². The van der Waals surface area contributed by atoms with Gasteiger partial charge >= 0.3 is 0 Å². The van der Waals surface area contributed by atoms with E-state index in [9.17, 15) is 4.79 Å². The van der Waals surface area contributed by atoms with Gasteiger partial charge in [-0.2, -0.15) is 0 Å². The highest BCUT2D eigenvalue weighted by molar-refractivity contribution is 5.61. The van der Waals surface area contributed by atoms with E-state index in [2.05, 4.69) is 6.92 Å². The van der Waals surface area contributed by atoms with Crippen molar-refractivity contribution in [1.29, 1.82) is 0 Å². The number of ether oxygens (including phenoxy) is 1. The summed E-state index contributed by atoms with van der Waals surface area (Å²) in [4.78, 5) is 10.0. The Kier molecular flexibility index (Phi) is 3.34. The summed E-state index contributed by atoms with van der Waals surface area (Å²) in [6, 6.07) is 0. The lowest BCUT2D eigenvalue weighted by atomic mass is 10.3. The van der Waals surface area contributed by atoms with Gasteiger partial charge in [-0.15, -0.1) is 0 Å². The molecule has 0 radical (unpaired) electrons. The molecule has 0 N–H and O–H groups in total. The quantitative estimate of drug-likeness (QED) is 0.445. The minimum Gasteiger partial charge on any atom is -0.373 e. The predicted octanol–water partition coefficient (Wildman–Crippen LogP) is 1.72. The van der Waals surface area contributed by atoms with E-state index in [4.69, 9.17) is 4.74 Å². The van der Waals surface area contributed by atoms with Crippen molar-refractivity contribution < 1.29 is 9.53 Å². The molecule has 11 heavy (non-hydrogen) atoms. The summed E-state index contributed by atoms with van der Waals surface area (Å²) < 4.78 is 5.36. The van der Waals surface area contributed by atoms with Crippen LogP contribution in [0, 0.1) is 0 Å². The zero-order valence-electron chi connectivity index (χ0n) is 6.93. The molecule has 0 amide bonds. The van der Waals surface area contributed by atoms with Gasteiger partial charge in [0.15, 0.2) is 0 Å². The van der Waals surface area contributed by atoms with Crippen molar-refractivity contribution in [3.05, 3.63) is 5.57 Å². The average molecular weight is 154 g/mol. The summed E-state index contributed by atoms with van der Waals surface area (Å²) in [6.45, 7) is 2.96. The van der Waals surface area contributed by atoms with Crippen LogP contribution in [0.3, 0.4) is 0 Å². The van der Waals surface area contributed by atoms with Crippen molar-refractivity contribution >= 4 is 5.94 Å². The molecule has 2 nitrogen and oxygen atoms in total. The van der Waals surface area contributed by atoms with Crippen molar-refractivity contribution in [2.24, 2.45) is 0 Å².